The zero-order valence-electron chi connectivity index (χ0n) is 11.4. The van der Waals surface area contributed by atoms with E-state index in [-0.39, 0.29) is 5.69 Å². The number of rotatable bonds is 4. The zero-order chi connectivity index (χ0) is 14.0. The molecule has 0 saturated carbocycles. The Labute approximate surface area is 112 Å². The molecular weight excluding hydrogens is 240 g/mol. The predicted molar refractivity (Wildman–Crippen MR) is 74.2 cm³/mol. The summed E-state index contributed by atoms with van der Waals surface area (Å²) < 4.78 is 1.78. The number of aromatic nitrogens is 2. The highest BCUT2D eigenvalue weighted by Crippen LogP contribution is 2.22. The van der Waals surface area contributed by atoms with Gasteiger partial charge in [0.25, 0.3) is 0 Å². The normalized spacial score (nSPS) is 10.9. The summed E-state index contributed by atoms with van der Waals surface area (Å²) in [6, 6.07) is 9.66. The Hall–Kier alpha value is -2.10. The van der Waals surface area contributed by atoms with Gasteiger partial charge in [0.05, 0.1) is 5.69 Å². The number of carboxylic acids is 1. The first kappa shape index (κ1) is 13.3. The van der Waals surface area contributed by atoms with Crippen LogP contribution in [0.5, 0.6) is 0 Å². The number of nitrogens with zero attached hydrogens (tertiary/aromatic N) is 2. The van der Waals surface area contributed by atoms with Crippen molar-refractivity contribution in [2.75, 3.05) is 0 Å². The van der Waals surface area contributed by atoms with Gasteiger partial charge in [-0.1, -0.05) is 43.7 Å². The molecule has 19 heavy (non-hydrogen) atoms. The summed E-state index contributed by atoms with van der Waals surface area (Å²) in [5.41, 5.74) is 3.12. The standard InChI is InChI=1S/C15H18N2O2/c1-10(2)9-17-14(8-13(16-17)15(18)19)12-6-4-11(3)5-7-12/h4-8,10H,9H2,1-3H3,(H,18,19). The van der Waals surface area contributed by atoms with Crippen LogP contribution in [0.3, 0.4) is 0 Å². The number of aromatic carboxylic acids is 1. The third-order valence-electron chi connectivity index (χ3n) is 2.88. The highest BCUT2D eigenvalue weighted by molar-refractivity contribution is 5.87. The number of carboxylic acid groups (broad SMARTS) is 1. The maximum absolute atomic E-state index is 11.1. The van der Waals surface area contributed by atoms with E-state index in [4.69, 9.17) is 5.11 Å². The number of hydrogen-bond acceptors (Lipinski definition) is 2. The van der Waals surface area contributed by atoms with Crippen LogP contribution in [-0.4, -0.2) is 20.9 Å². The summed E-state index contributed by atoms with van der Waals surface area (Å²) in [6.45, 7) is 6.90. The van der Waals surface area contributed by atoms with E-state index in [0.717, 1.165) is 11.3 Å². The fourth-order valence-corrected chi connectivity index (χ4v) is 1.96. The Morgan fingerprint density at radius 2 is 1.95 bits per heavy atom. The fourth-order valence-electron chi connectivity index (χ4n) is 1.96. The number of hydrogen-bond donors (Lipinski definition) is 1. The minimum atomic E-state index is -0.990. The van der Waals surface area contributed by atoms with Crippen molar-refractivity contribution in [3.63, 3.8) is 0 Å². The van der Waals surface area contributed by atoms with Crippen molar-refractivity contribution in [3.8, 4) is 11.3 Å². The second-order valence-electron chi connectivity index (χ2n) is 5.16. The van der Waals surface area contributed by atoms with Crippen LogP contribution in [0, 0.1) is 12.8 Å². The van der Waals surface area contributed by atoms with Gasteiger partial charge >= 0.3 is 5.97 Å². The molecule has 0 spiro atoms. The zero-order valence-corrected chi connectivity index (χ0v) is 11.4. The number of aryl methyl sites for hydroxylation is 1. The van der Waals surface area contributed by atoms with Gasteiger partial charge in [-0.15, -0.1) is 0 Å². The van der Waals surface area contributed by atoms with E-state index in [1.807, 2.05) is 31.2 Å². The average Bonchev–Trinajstić information content (AvgIpc) is 2.73. The van der Waals surface area contributed by atoms with Crippen molar-refractivity contribution in [3.05, 3.63) is 41.6 Å². The molecule has 0 bridgehead atoms. The van der Waals surface area contributed by atoms with Crippen LogP contribution in [-0.2, 0) is 6.54 Å². The summed E-state index contributed by atoms with van der Waals surface area (Å²) in [5.74, 6) is -0.582. The molecule has 0 aliphatic heterocycles. The van der Waals surface area contributed by atoms with E-state index in [1.165, 1.54) is 5.56 Å². The van der Waals surface area contributed by atoms with Crippen LogP contribution in [0.25, 0.3) is 11.3 Å². The molecule has 0 amide bonds. The van der Waals surface area contributed by atoms with Crippen molar-refractivity contribution in [2.24, 2.45) is 5.92 Å². The second kappa shape index (κ2) is 5.26. The maximum atomic E-state index is 11.1. The summed E-state index contributed by atoms with van der Waals surface area (Å²) in [7, 11) is 0. The lowest BCUT2D eigenvalue weighted by molar-refractivity contribution is 0.0689. The van der Waals surface area contributed by atoms with Crippen LogP contribution in [0.15, 0.2) is 30.3 Å². The molecule has 4 nitrogen and oxygen atoms in total. The van der Waals surface area contributed by atoms with Gasteiger partial charge in [0.2, 0.25) is 0 Å². The molecule has 1 N–H and O–H groups in total. The second-order valence-corrected chi connectivity index (χ2v) is 5.16. The Morgan fingerprint density at radius 3 is 2.47 bits per heavy atom. The van der Waals surface area contributed by atoms with E-state index in [1.54, 1.807) is 10.7 Å². The van der Waals surface area contributed by atoms with Gasteiger partial charge in [0.15, 0.2) is 5.69 Å². The van der Waals surface area contributed by atoms with Gasteiger partial charge in [-0.25, -0.2) is 4.79 Å². The molecule has 2 rings (SSSR count). The monoisotopic (exact) mass is 258 g/mol. The maximum Gasteiger partial charge on any atom is 0.356 e. The molecule has 0 saturated heterocycles. The Balaban J connectivity index is 2.47. The van der Waals surface area contributed by atoms with Crippen molar-refractivity contribution in [1.82, 2.24) is 9.78 Å². The van der Waals surface area contributed by atoms with Gasteiger partial charge in [0.1, 0.15) is 0 Å². The molecule has 2 aromatic rings. The molecule has 0 aliphatic rings. The van der Waals surface area contributed by atoms with Crippen molar-refractivity contribution < 1.29 is 9.90 Å². The molecule has 0 atom stereocenters. The first-order chi connectivity index (χ1) is 8.97. The van der Waals surface area contributed by atoms with Crippen molar-refractivity contribution in [2.45, 2.75) is 27.3 Å². The Morgan fingerprint density at radius 1 is 1.32 bits per heavy atom. The molecule has 0 fully saturated rings. The van der Waals surface area contributed by atoms with Gasteiger partial charge in [-0.2, -0.15) is 5.10 Å². The van der Waals surface area contributed by atoms with E-state index in [9.17, 15) is 4.79 Å². The lowest BCUT2D eigenvalue weighted by Crippen LogP contribution is -2.09. The lowest BCUT2D eigenvalue weighted by atomic mass is 10.1. The van der Waals surface area contributed by atoms with E-state index < -0.39 is 5.97 Å². The van der Waals surface area contributed by atoms with Gasteiger partial charge in [-0.05, 0) is 24.5 Å². The summed E-state index contributed by atoms with van der Waals surface area (Å²) in [5, 5.41) is 13.2. The van der Waals surface area contributed by atoms with Crippen LogP contribution in [0.2, 0.25) is 0 Å². The molecule has 4 heteroatoms. The van der Waals surface area contributed by atoms with Crippen molar-refractivity contribution >= 4 is 5.97 Å². The van der Waals surface area contributed by atoms with Crippen LogP contribution in [0.4, 0.5) is 0 Å². The molecule has 1 aromatic carbocycles. The van der Waals surface area contributed by atoms with Gasteiger partial charge in [0, 0.05) is 6.54 Å². The van der Waals surface area contributed by atoms with Gasteiger partial charge < -0.3 is 5.11 Å². The molecule has 100 valence electrons. The Kier molecular flexibility index (Phi) is 3.69. The highest BCUT2D eigenvalue weighted by Gasteiger charge is 2.15. The third-order valence-corrected chi connectivity index (χ3v) is 2.88. The quantitative estimate of drug-likeness (QED) is 0.916. The summed E-state index contributed by atoms with van der Waals surface area (Å²) >= 11 is 0. The van der Waals surface area contributed by atoms with Gasteiger partial charge in [-0.3, -0.25) is 4.68 Å². The average molecular weight is 258 g/mol. The number of carbonyl (C=O) groups is 1. The highest BCUT2D eigenvalue weighted by atomic mass is 16.4. The van der Waals surface area contributed by atoms with Crippen molar-refractivity contribution in [1.29, 1.82) is 0 Å². The molecule has 0 unspecified atom stereocenters. The minimum absolute atomic E-state index is 0.0937. The molecule has 0 radical (unpaired) electrons. The molecule has 0 aliphatic carbocycles. The minimum Gasteiger partial charge on any atom is -0.476 e. The first-order valence-electron chi connectivity index (χ1n) is 6.35. The third kappa shape index (κ3) is 3.02. The lowest BCUT2D eigenvalue weighted by Gasteiger charge is -2.10. The molecule has 1 aromatic heterocycles. The van der Waals surface area contributed by atoms with E-state index in [2.05, 4.69) is 18.9 Å². The molecule has 1 heterocycles. The smallest absolute Gasteiger partial charge is 0.356 e. The summed E-state index contributed by atoms with van der Waals surface area (Å²) in [4.78, 5) is 11.1. The van der Waals surface area contributed by atoms with Crippen LogP contribution in [0.1, 0.15) is 29.9 Å². The van der Waals surface area contributed by atoms with Crippen LogP contribution >= 0.6 is 0 Å². The topological polar surface area (TPSA) is 55.1 Å². The van der Waals surface area contributed by atoms with Crippen LogP contribution < -0.4 is 0 Å². The number of benzene rings is 1. The van der Waals surface area contributed by atoms with E-state index in [0.29, 0.717) is 12.5 Å². The SMILES string of the molecule is Cc1ccc(-c2cc(C(=O)O)nn2CC(C)C)cc1. The first-order valence-corrected chi connectivity index (χ1v) is 6.35. The molecular formula is C15H18N2O2. The Bertz CT molecular complexity index is 583. The summed E-state index contributed by atoms with van der Waals surface area (Å²) in [6.07, 6.45) is 0. The predicted octanol–water partition coefficient (Wildman–Crippen LogP) is 3.21. The fraction of sp³-hybridized carbons (Fsp3) is 0.333. The largest absolute Gasteiger partial charge is 0.476 e. The van der Waals surface area contributed by atoms with E-state index >= 15 is 0 Å².